The van der Waals surface area contributed by atoms with Crippen molar-refractivity contribution in [2.45, 2.75) is 122 Å². The maximum absolute atomic E-state index is 2.37. The van der Waals surface area contributed by atoms with E-state index in [9.17, 15) is 0 Å². The first-order valence-corrected chi connectivity index (χ1v) is 9.77. The minimum atomic E-state index is 0. The number of hydrogen-bond donors (Lipinski definition) is 0. The topological polar surface area (TPSA) is 0 Å². The van der Waals surface area contributed by atoms with Crippen LogP contribution in [-0.4, -0.2) is 0 Å². The van der Waals surface area contributed by atoms with Crippen molar-refractivity contribution in [3.8, 4) is 0 Å². The molecule has 0 nitrogen and oxygen atoms in total. The second kappa shape index (κ2) is 19.0. The van der Waals surface area contributed by atoms with Crippen molar-refractivity contribution in [3.63, 3.8) is 0 Å². The van der Waals surface area contributed by atoms with Crippen LogP contribution < -0.4 is 0 Å². The van der Waals surface area contributed by atoms with Gasteiger partial charge in [-0.3, -0.25) is 0 Å². The van der Waals surface area contributed by atoms with Crippen LogP contribution >= 0.6 is 0 Å². The summed E-state index contributed by atoms with van der Waals surface area (Å²) in [7, 11) is 0. The molecule has 0 bridgehead atoms. The molecule has 0 heteroatoms. The van der Waals surface area contributed by atoms with E-state index in [-0.39, 0.29) is 7.43 Å². The van der Waals surface area contributed by atoms with E-state index < -0.39 is 0 Å². The van der Waals surface area contributed by atoms with Crippen LogP contribution in [0.5, 0.6) is 0 Å². The lowest BCUT2D eigenvalue weighted by Crippen LogP contribution is -2.12. The number of hydrogen-bond acceptors (Lipinski definition) is 0. The maximum atomic E-state index is 2.37. The average molecular weight is 317 g/mol. The molecule has 0 aromatic heterocycles. The van der Waals surface area contributed by atoms with Gasteiger partial charge < -0.3 is 0 Å². The third-order valence-electron chi connectivity index (χ3n) is 4.72. The summed E-state index contributed by atoms with van der Waals surface area (Å²) in [6, 6.07) is 0. The Kier molecular flexibility index (Phi) is 25.9. The zero-order chi connectivity index (χ0) is 17.5. The fourth-order valence-electron chi connectivity index (χ4n) is 1.51. The van der Waals surface area contributed by atoms with Crippen molar-refractivity contribution < 1.29 is 0 Å². The lowest BCUT2D eigenvalue weighted by Gasteiger charge is -2.26. The third-order valence-corrected chi connectivity index (χ3v) is 4.72. The quantitative estimate of drug-likeness (QED) is 0.485. The van der Waals surface area contributed by atoms with Gasteiger partial charge in [-0.25, -0.2) is 0 Å². The molecular formula is C22H52. The van der Waals surface area contributed by atoms with Gasteiger partial charge in [0, 0.05) is 0 Å². The van der Waals surface area contributed by atoms with Gasteiger partial charge >= 0.3 is 0 Å². The molecule has 1 atom stereocenters. The molecule has 0 spiro atoms. The first-order valence-electron chi connectivity index (χ1n) is 9.77. The van der Waals surface area contributed by atoms with E-state index in [4.69, 9.17) is 0 Å². The van der Waals surface area contributed by atoms with Crippen LogP contribution in [0.15, 0.2) is 0 Å². The van der Waals surface area contributed by atoms with Gasteiger partial charge in [-0.2, -0.15) is 0 Å². The van der Waals surface area contributed by atoms with Gasteiger partial charge in [-0.1, -0.05) is 122 Å². The molecule has 1 saturated carbocycles. The normalized spacial score (nSPS) is 14.7. The van der Waals surface area contributed by atoms with Gasteiger partial charge in [0.1, 0.15) is 0 Å². The van der Waals surface area contributed by atoms with E-state index in [0.29, 0.717) is 5.41 Å². The van der Waals surface area contributed by atoms with Gasteiger partial charge in [0.2, 0.25) is 0 Å². The highest BCUT2D eigenvalue weighted by molar-refractivity contribution is 4.70. The van der Waals surface area contributed by atoms with Crippen LogP contribution in [-0.2, 0) is 0 Å². The lowest BCUT2D eigenvalue weighted by molar-refractivity contribution is 0.272. The molecule has 0 aromatic carbocycles. The highest BCUT2D eigenvalue weighted by Gasteiger charge is 2.17. The molecule has 1 aliphatic carbocycles. The lowest BCUT2D eigenvalue weighted by atomic mass is 9.80. The Labute approximate surface area is 145 Å². The van der Waals surface area contributed by atoms with Gasteiger partial charge in [0.05, 0.1) is 0 Å². The van der Waals surface area contributed by atoms with Crippen molar-refractivity contribution in [3.05, 3.63) is 0 Å². The summed E-state index contributed by atoms with van der Waals surface area (Å²) >= 11 is 0. The molecule has 1 fully saturated rings. The van der Waals surface area contributed by atoms with Crippen LogP contribution in [0.1, 0.15) is 122 Å². The predicted molar refractivity (Wildman–Crippen MR) is 110 cm³/mol. The monoisotopic (exact) mass is 316 g/mol. The average Bonchev–Trinajstić information content (AvgIpc) is 2.41. The molecule has 0 aliphatic heterocycles. The standard InChI is InChI=1S/C10H20.C7H16.2C2H6.CH4/c1-3-9(2)7-8-10-5-4-6-10;1-6(2)7(3,4)5;2*1-2;/h9-10H,3-8H2,1-2H3;6H,1-5H3;2*1-2H3;1H4. The molecule has 0 heterocycles. The van der Waals surface area contributed by atoms with Gasteiger partial charge in [-0.05, 0) is 23.2 Å². The van der Waals surface area contributed by atoms with E-state index in [0.717, 1.165) is 17.8 Å². The molecule has 1 rings (SSSR count). The summed E-state index contributed by atoms with van der Waals surface area (Å²) in [5.74, 6) is 2.89. The minimum Gasteiger partial charge on any atom is -0.0776 e. The Morgan fingerprint density at radius 2 is 1.27 bits per heavy atom. The van der Waals surface area contributed by atoms with Gasteiger partial charge in [-0.15, -0.1) is 0 Å². The summed E-state index contributed by atoms with van der Waals surface area (Å²) in [6.07, 6.45) is 8.90. The Morgan fingerprint density at radius 3 is 1.45 bits per heavy atom. The first-order chi connectivity index (χ1) is 9.77. The van der Waals surface area contributed by atoms with Gasteiger partial charge in [0.15, 0.2) is 0 Å². The Hall–Kier alpha value is 0. The zero-order valence-corrected chi connectivity index (χ0v) is 17.5. The van der Waals surface area contributed by atoms with Gasteiger partial charge in [0.25, 0.3) is 0 Å². The zero-order valence-electron chi connectivity index (χ0n) is 17.5. The van der Waals surface area contributed by atoms with Crippen molar-refractivity contribution in [2.24, 2.45) is 23.2 Å². The fourth-order valence-corrected chi connectivity index (χ4v) is 1.51. The molecule has 0 saturated heterocycles. The molecule has 0 aromatic rings. The van der Waals surface area contributed by atoms with E-state index in [1.807, 2.05) is 27.7 Å². The van der Waals surface area contributed by atoms with E-state index >= 15 is 0 Å². The summed E-state index contributed by atoms with van der Waals surface area (Å²) in [5, 5.41) is 0. The number of rotatable bonds is 4. The molecule has 1 aliphatic rings. The van der Waals surface area contributed by atoms with Crippen LogP contribution in [0, 0.1) is 23.2 Å². The molecule has 1 unspecified atom stereocenters. The highest BCUT2D eigenvalue weighted by atomic mass is 14.2. The largest absolute Gasteiger partial charge is 0.0776 e. The molecule has 140 valence electrons. The molecular weight excluding hydrogens is 264 g/mol. The van der Waals surface area contributed by atoms with E-state index in [1.165, 1.54) is 38.5 Å². The van der Waals surface area contributed by atoms with Crippen molar-refractivity contribution in [1.82, 2.24) is 0 Å². The Morgan fingerprint density at radius 1 is 0.909 bits per heavy atom. The van der Waals surface area contributed by atoms with Crippen molar-refractivity contribution in [2.75, 3.05) is 0 Å². The van der Waals surface area contributed by atoms with Crippen LogP contribution in [0.4, 0.5) is 0 Å². The highest BCUT2D eigenvalue weighted by Crippen LogP contribution is 2.31. The molecule has 0 radical (unpaired) electrons. The second-order valence-electron chi connectivity index (χ2n) is 7.41. The maximum Gasteiger partial charge on any atom is -0.0360 e. The van der Waals surface area contributed by atoms with Crippen LogP contribution in [0.25, 0.3) is 0 Å². The fraction of sp³-hybridized carbons (Fsp3) is 1.00. The van der Waals surface area contributed by atoms with E-state index in [2.05, 4.69) is 48.5 Å². The smallest absolute Gasteiger partial charge is 0.0360 e. The SMILES string of the molecule is C.CC.CC.CC(C)C(C)(C)C.CCC(C)CCC1CCC1. The second-order valence-corrected chi connectivity index (χ2v) is 7.41. The molecule has 22 heavy (non-hydrogen) atoms. The summed E-state index contributed by atoms with van der Waals surface area (Å²) in [4.78, 5) is 0. The Bertz CT molecular complexity index is 164. The minimum absolute atomic E-state index is 0. The van der Waals surface area contributed by atoms with Crippen LogP contribution in [0.3, 0.4) is 0 Å². The summed E-state index contributed by atoms with van der Waals surface area (Å²) < 4.78 is 0. The molecule has 0 N–H and O–H groups in total. The Balaban J connectivity index is -0.000000120. The molecule has 0 amide bonds. The first kappa shape index (κ1) is 29.9. The van der Waals surface area contributed by atoms with Crippen LogP contribution in [0.2, 0.25) is 0 Å². The van der Waals surface area contributed by atoms with Crippen molar-refractivity contribution >= 4 is 0 Å². The van der Waals surface area contributed by atoms with Crippen molar-refractivity contribution in [1.29, 1.82) is 0 Å². The summed E-state index contributed by atoms with van der Waals surface area (Å²) in [5.41, 5.74) is 0.500. The summed E-state index contributed by atoms with van der Waals surface area (Å²) in [6.45, 7) is 24.0. The predicted octanol–water partition coefficient (Wildman–Crippen LogP) is 8.99. The third kappa shape index (κ3) is 20.0. The van der Waals surface area contributed by atoms with E-state index in [1.54, 1.807) is 0 Å².